The molecule has 1 amide bonds. The average Bonchev–Trinajstić information content (AvgIpc) is 2.62. The monoisotopic (exact) mass is 387 g/mol. The highest BCUT2D eigenvalue weighted by molar-refractivity contribution is 7.89. The summed E-state index contributed by atoms with van der Waals surface area (Å²) < 4.78 is 22.7. The summed E-state index contributed by atoms with van der Waals surface area (Å²) >= 11 is 0. The molecule has 2 aromatic rings. The molecule has 0 radical (unpaired) electrons. The Hall–Kier alpha value is -2.38. The van der Waals surface area contributed by atoms with Crippen molar-refractivity contribution in [2.75, 3.05) is 49.7 Å². The molecule has 144 valence electrons. The van der Waals surface area contributed by atoms with E-state index in [0.717, 1.165) is 37.6 Å². The van der Waals surface area contributed by atoms with Gasteiger partial charge in [-0.3, -0.25) is 4.79 Å². The summed E-state index contributed by atoms with van der Waals surface area (Å²) in [6.07, 6.45) is 1.19. The van der Waals surface area contributed by atoms with Crippen LogP contribution in [-0.2, 0) is 15.6 Å². The van der Waals surface area contributed by atoms with Gasteiger partial charge in [-0.2, -0.15) is 0 Å². The van der Waals surface area contributed by atoms with E-state index in [0.29, 0.717) is 11.1 Å². The summed E-state index contributed by atoms with van der Waals surface area (Å²) in [5, 5.41) is 2.88. The maximum Gasteiger partial charge on any atom is 0.255 e. The van der Waals surface area contributed by atoms with E-state index >= 15 is 0 Å². The van der Waals surface area contributed by atoms with Gasteiger partial charge < -0.3 is 15.1 Å². The van der Waals surface area contributed by atoms with Crippen molar-refractivity contribution in [3.8, 4) is 0 Å². The molecule has 1 aliphatic heterocycles. The van der Waals surface area contributed by atoms with Crippen LogP contribution in [0.2, 0.25) is 0 Å². The highest BCUT2D eigenvalue weighted by Gasteiger charge is 2.14. The number of anilines is 2. The quantitative estimate of drug-likeness (QED) is 0.852. The summed E-state index contributed by atoms with van der Waals surface area (Å²) in [5.41, 5.74) is 3.06. The third-order valence-corrected chi connectivity index (χ3v) is 5.50. The molecule has 7 heteroatoms. The zero-order chi connectivity index (χ0) is 19.4. The van der Waals surface area contributed by atoms with Crippen LogP contribution in [0.15, 0.2) is 48.5 Å². The highest BCUT2D eigenvalue weighted by atomic mass is 32.2. The minimum Gasteiger partial charge on any atom is -0.369 e. The smallest absolute Gasteiger partial charge is 0.255 e. The fourth-order valence-electron chi connectivity index (χ4n) is 3.08. The van der Waals surface area contributed by atoms with Crippen LogP contribution in [0.3, 0.4) is 0 Å². The first-order valence-electron chi connectivity index (χ1n) is 8.92. The van der Waals surface area contributed by atoms with E-state index in [9.17, 15) is 13.2 Å². The number of amides is 1. The maximum absolute atomic E-state index is 12.4. The largest absolute Gasteiger partial charge is 0.369 e. The molecule has 0 aromatic heterocycles. The lowest BCUT2D eigenvalue weighted by Crippen LogP contribution is -2.44. The van der Waals surface area contributed by atoms with E-state index in [1.54, 1.807) is 24.3 Å². The number of piperazine rings is 1. The van der Waals surface area contributed by atoms with E-state index in [2.05, 4.69) is 22.2 Å². The van der Waals surface area contributed by atoms with Crippen molar-refractivity contribution >= 4 is 27.1 Å². The first kappa shape index (κ1) is 19.4. The maximum atomic E-state index is 12.4. The molecule has 0 aliphatic carbocycles. The topological polar surface area (TPSA) is 69.7 Å². The molecular weight excluding hydrogens is 362 g/mol. The Morgan fingerprint density at radius 2 is 1.56 bits per heavy atom. The summed E-state index contributed by atoms with van der Waals surface area (Å²) in [7, 11) is -0.954. The van der Waals surface area contributed by atoms with Crippen LogP contribution in [0.4, 0.5) is 11.4 Å². The minimum absolute atomic E-state index is 0.0251. The van der Waals surface area contributed by atoms with Gasteiger partial charge in [-0.05, 0) is 49.0 Å². The molecule has 1 heterocycles. The Labute approximate surface area is 160 Å². The van der Waals surface area contributed by atoms with Gasteiger partial charge in [0.25, 0.3) is 5.91 Å². The number of nitrogens with one attached hydrogen (secondary N) is 1. The predicted molar refractivity (Wildman–Crippen MR) is 109 cm³/mol. The number of carbonyl (C=O) groups excluding carboxylic acids is 1. The summed E-state index contributed by atoms with van der Waals surface area (Å²) in [4.78, 5) is 17.0. The lowest BCUT2D eigenvalue weighted by atomic mass is 10.1. The van der Waals surface area contributed by atoms with Gasteiger partial charge in [0.05, 0.1) is 5.75 Å². The van der Waals surface area contributed by atoms with Gasteiger partial charge in [-0.1, -0.05) is 12.1 Å². The van der Waals surface area contributed by atoms with Crippen molar-refractivity contribution in [1.82, 2.24) is 4.90 Å². The molecule has 1 N–H and O–H groups in total. The minimum atomic E-state index is -3.08. The van der Waals surface area contributed by atoms with E-state index in [4.69, 9.17) is 0 Å². The molecule has 27 heavy (non-hydrogen) atoms. The first-order chi connectivity index (χ1) is 12.8. The fourth-order valence-corrected chi connectivity index (χ4v) is 3.88. The fraction of sp³-hybridized carbons (Fsp3) is 0.350. The van der Waals surface area contributed by atoms with Crippen molar-refractivity contribution in [2.24, 2.45) is 0 Å². The molecule has 2 aromatic carbocycles. The zero-order valence-corrected chi connectivity index (χ0v) is 16.5. The molecule has 1 aliphatic rings. The van der Waals surface area contributed by atoms with Gasteiger partial charge in [0.1, 0.15) is 0 Å². The van der Waals surface area contributed by atoms with Crippen molar-refractivity contribution in [1.29, 1.82) is 0 Å². The van der Waals surface area contributed by atoms with Crippen molar-refractivity contribution < 1.29 is 13.2 Å². The number of rotatable bonds is 5. The molecule has 1 fully saturated rings. The van der Waals surface area contributed by atoms with Gasteiger partial charge in [-0.25, -0.2) is 8.42 Å². The van der Waals surface area contributed by atoms with Crippen molar-refractivity contribution in [2.45, 2.75) is 5.75 Å². The van der Waals surface area contributed by atoms with Crippen LogP contribution in [-0.4, -0.2) is 58.7 Å². The summed E-state index contributed by atoms with van der Waals surface area (Å²) in [5.74, 6) is -0.240. The van der Waals surface area contributed by atoms with Gasteiger partial charge >= 0.3 is 0 Å². The van der Waals surface area contributed by atoms with Crippen LogP contribution in [0.5, 0.6) is 0 Å². The van der Waals surface area contributed by atoms with Crippen LogP contribution in [0, 0.1) is 0 Å². The predicted octanol–water partition coefficient (Wildman–Crippen LogP) is 2.24. The zero-order valence-electron chi connectivity index (χ0n) is 15.7. The van der Waals surface area contributed by atoms with E-state index in [1.165, 1.54) is 6.26 Å². The normalized spacial score (nSPS) is 15.6. The van der Waals surface area contributed by atoms with Crippen LogP contribution >= 0.6 is 0 Å². The SMILES string of the molecule is CN1CCN(c2ccc(NC(=O)c3ccc(CS(C)(=O)=O)cc3)cc2)CC1. The van der Waals surface area contributed by atoms with Crippen molar-refractivity contribution in [3.63, 3.8) is 0 Å². The number of hydrogen-bond acceptors (Lipinski definition) is 5. The van der Waals surface area contributed by atoms with Crippen LogP contribution < -0.4 is 10.2 Å². The van der Waals surface area contributed by atoms with Gasteiger partial charge in [0, 0.05) is 49.4 Å². The molecule has 0 bridgehead atoms. The lowest BCUT2D eigenvalue weighted by Gasteiger charge is -2.34. The van der Waals surface area contributed by atoms with E-state index in [-0.39, 0.29) is 11.7 Å². The number of likely N-dealkylation sites (N-methyl/N-ethyl adjacent to an activating group) is 1. The molecule has 0 spiro atoms. The number of nitrogens with zero attached hydrogens (tertiary/aromatic N) is 2. The summed E-state index contributed by atoms with van der Waals surface area (Å²) in [6, 6.07) is 14.5. The highest BCUT2D eigenvalue weighted by Crippen LogP contribution is 2.20. The Bertz CT molecular complexity index is 885. The molecule has 0 saturated carbocycles. The Morgan fingerprint density at radius 1 is 0.963 bits per heavy atom. The van der Waals surface area contributed by atoms with Gasteiger partial charge in [0.15, 0.2) is 9.84 Å². The Balaban J connectivity index is 1.60. The third kappa shape index (κ3) is 5.55. The Kier molecular flexibility index (Phi) is 5.82. The number of hydrogen-bond donors (Lipinski definition) is 1. The van der Waals surface area contributed by atoms with Gasteiger partial charge in [0.2, 0.25) is 0 Å². The van der Waals surface area contributed by atoms with Crippen LogP contribution in [0.25, 0.3) is 0 Å². The molecule has 0 unspecified atom stereocenters. The number of carbonyl (C=O) groups is 1. The number of benzene rings is 2. The summed E-state index contributed by atoms with van der Waals surface area (Å²) in [6.45, 7) is 4.10. The average molecular weight is 388 g/mol. The standard InChI is InChI=1S/C20H25N3O3S/c1-22-11-13-23(14-12-22)19-9-7-18(8-10-19)21-20(24)17-5-3-16(4-6-17)15-27(2,25)26/h3-10H,11-15H2,1-2H3,(H,21,24). The molecule has 1 saturated heterocycles. The third-order valence-electron chi connectivity index (χ3n) is 4.64. The number of sulfone groups is 1. The molecule has 3 rings (SSSR count). The molecule has 0 atom stereocenters. The van der Waals surface area contributed by atoms with E-state index in [1.807, 2.05) is 24.3 Å². The lowest BCUT2D eigenvalue weighted by molar-refractivity contribution is 0.102. The molecular formula is C20H25N3O3S. The van der Waals surface area contributed by atoms with Crippen LogP contribution in [0.1, 0.15) is 15.9 Å². The second-order valence-electron chi connectivity index (χ2n) is 7.06. The van der Waals surface area contributed by atoms with Crippen molar-refractivity contribution in [3.05, 3.63) is 59.7 Å². The van der Waals surface area contributed by atoms with E-state index < -0.39 is 9.84 Å². The second-order valence-corrected chi connectivity index (χ2v) is 9.20. The van der Waals surface area contributed by atoms with Gasteiger partial charge in [-0.15, -0.1) is 0 Å². The second kappa shape index (κ2) is 8.10. The first-order valence-corrected chi connectivity index (χ1v) is 11.0. The Morgan fingerprint density at radius 3 is 2.11 bits per heavy atom. The molecule has 6 nitrogen and oxygen atoms in total.